The third kappa shape index (κ3) is 5.91. The lowest BCUT2D eigenvalue weighted by Crippen LogP contribution is -2.43. The topological polar surface area (TPSA) is 48.0 Å². The summed E-state index contributed by atoms with van der Waals surface area (Å²) in [6.45, 7) is 10.7. The van der Waals surface area contributed by atoms with Gasteiger partial charge in [-0.1, -0.05) is 45.0 Å². The summed E-state index contributed by atoms with van der Waals surface area (Å²) in [7, 11) is 0. The summed E-state index contributed by atoms with van der Waals surface area (Å²) in [5, 5.41) is 0. The van der Waals surface area contributed by atoms with Gasteiger partial charge in [0.05, 0.1) is 13.2 Å². The van der Waals surface area contributed by atoms with Crippen molar-refractivity contribution in [3.05, 3.63) is 54.1 Å². The monoisotopic (exact) mass is 411 g/mol. The third-order valence-electron chi connectivity index (χ3n) is 5.25. The summed E-state index contributed by atoms with van der Waals surface area (Å²) in [4.78, 5) is 14.5. The zero-order valence-electron chi connectivity index (χ0n) is 18.5. The van der Waals surface area contributed by atoms with E-state index in [0.29, 0.717) is 39.1 Å². The number of rotatable bonds is 8. The quantitative estimate of drug-likeness (QED) is 0.584. The number of carbonyl (C=O) groups is 1. The molecule has 0 saturated carbocycles. The van der Waals surface area contributed by atoms with Crippen LogP contribution in [0.15, 0.2) is 48.5 Å². The number of carbonyl (C=O) groups excluding carboxylic acids is 1. The minimum absolute atomic E-state index is 0.117. The van der Waals surface area contributed by atoms with Crippen LogP contribution in [0.4, 0.5) is 0 Å². The molecule has 162 valence electrons. The van der Waals surface area contributed by atoms with Gasteiger partial charge in [0.1, 0.15) is 12.4 Å². The molecule has 5 nitrogen and oxygen atoms in total. The Hall–Kier alpha value is -2.69. The molecule has 5 heteroatoms. The summed E-state index contributed by atoms with van der Waals surface area (Å²) >= 11 is 0. The number of hydrogen-bond donors (Lipinski definition) is 0. The molecule has 1 atom stereocenters. The maximum absolute atomic E-state index is 12.6. The van der Waals surface area contributed by atoms with E-state index in [1.165, 1.54) is 5.56 Å². The number of hydrogen-bond acceptors (Lipinski definition) is 4. The molecule has 0 aliphatic carbocycles. The standard InChI is InChI=1S/C25H33NO4/c1-5-26(17-21-18-29-22-9-6-7-10-23(22)30-21)24(27)11-8-16-28-20-14-12-19(13-15-20)25(2,3)4/h6-7,9-10,12-15,21H,5,8,11,16-18H2,1-4H3/t21-/m0/s1. The van der Waals surface area contributed by atoms with Crippen molar-refractivity contribution in [2.45, 2.75) is 52.1 Å². The molecule has 0 spiro atoms. The lowest BCUT2D eigenvalue weighted by molar-refractivity contribution is -0.132. The predicted molar refractivity (Wildman–Crippen MR) is 118 cm³/mol. The summed E-state index contributed by atoms with van der Waals surface area (Å²) in [6.07, 6.45) is 0.987. The smallest absolute Gasteiger partial charge is 0.222 e. The van der Waals surface area contributed by atoms with Gasteiger partial charge in [0.15, 0.2) is 17.6 Å². The molecule has 0 N–H and O–H groups in total. The second-order valence-corrected chi connectivity index (χ2v) is 8.66. The van der Waals surface area contributed by atoms with Crippen LogP contribution < -0.4 is 14.2 Å². The van der Waals surface area contributed by atoms with Gasteiger partial charge in [0.2, 0.25) is 5.91 Å². The van der Waals surface area contributed by atoms with Crippen LogP contribution in [0.25, 0.3) is 0 Å². The maximum Gasteiger partial charge on any atom is 0.222 e. The van der Waals surface area contributed by atoms with E-state index in [1.807, 2.05) is 48.2 Å². The molecule has 0 aromatic heterocycles. The van der Waals surface area contributed by atoms with Crippen molar-refractivity contribution in [2.75, 3.05) is 26.3 Å². The zero-order valence-corrected chi connectivity index (χ0v) is 18.5. The third-order valence-corrected chi connectivity index (χ3v) is 5.25. The van der Waals surface area contributed by atoms with Gasteiger partial charge in [0, 0.05) is 13.0 Å². The van der Waals surface area contributed by atoms with Crippen molar-refractivity contribution in [1.29, 1.82) is 0 Å². The van der Waals surface area contributed by atoms with Crippen molar-refractivity contribution in [3.63, 3.8) is 0 Å². The molecule has 0 radical (unpaired) electrons. The number of ether oxygens (including phenoxy) is 3. The van der Waals surface area contributed by atoms with Crippen molar-refractivity contribution < 1.29 is 19.0 Å². The molecule has 1 heterocycles. The lowest BCUT2D eigenvalue weighted by Gasteiger charge is -2.31. The fraction of sp³-hybridized carbons (Fsp3) is 0.480. The van der Waals surface area contributed by atoms with E-state index in [2.05, 4.69) is 32.9 Å². The normalized spacial score (nSPS) is 15.5. The van der Waals surface area contributed by atoms with Gasteiger partial charge < -0.3 is 19.1 Å². The molecule has 0 saturated heterocycles. The number of likely N-dealkylation sites (N-methyl/N-ethyl adjacent to an activating group) is 1. The van der Waals surface area contributed by atoms with Crippen molar-refractivity contribution in [2.24, 2.45) is 0 Å². The molecule has 2 aromatic rings. The van der Waals surface area contributed by atoms with Gasteiger partial charge in [-0.25, -0.2) is 0 Å². The Morgan fingerprint density at radius 2 is 1.80 bits per heavy atom. The molecule has 1 amide bonds. The fourth-order valence-corrected chi connectivity index (χ4v) is 3.43. The maximum atomic E-state index is 12.6. The Bertz CT molecular complexity index is 826. The van der Waals surface area contributed by atoms with E-state index in [-0.39, 0.29) is 17.4 Å². The number of benzene rings is 2. The van der Waals surface area contributed by atoms with E-state index in [0.717, 1.165) is 17.2 Å². The Balaban J connectivity index is 1.41. The first-order valence-corrected chi connectivity index (χ1v) is 10.8. The van der Waals surface area contributed by atoms with E-state index in [9.17, 15) is 4.79 Å². The highest BCUT2D eigenvalue weighted by molar-refractivity contribution is 5.76. The summed E-state index contributed by atoms with van der Waals surface area (Å²) in [5.41, 5.74) is 1.41. The highest BCUT2D eigenvalue weighted by Gasteiger charge is 2.24. The van der Waals surface area contributed by atoms with Crippen LogP contribution in [0.5, 0.6) is 17.2 Å². The first kappa shape index (κ1) is 22.0. The molecule has 0 unspecified atom stereocenters. The minimum atomic E-state index is -0.151. The van der Waals surface area contributed by atoms with Gasteiger partial charge >= 0.3 is 0 Å². The molecule has 0 bridgehead atoms. The molecule has 0 fully saturated rings. The van der Waals surface area contributed by atoms with Crippen molar-refractivity contribution >= 4 is 5.91 Å². The minimum Gasteiger partial charge on any atom is -0.494 e. The summed E-state index contributed by atoms with van der Waals surface area (Å²) in [5.74, 6) is 2.46. The lowest BCUT2D eigenvalue weighted by atomic mass is 9.87. The van der Waals surface area contributed by atoms with E-state index in [1.54, 1.807) is 0 Å². The molecule has 1 aliphatic rings. The molecule has 3 rings (SSSR count). The Kier molecular flexibility index (Phi) is 7.24. The van der Waals surface area contributed by atoms with E-state index < -0.39 is 0 Å². The van der Waals surface area contributed by atoms with Crippen molar-refractivity contribution in [1.82, 2.24) is 4.90 Å². The second kappa shape index (κ2) is 9.88. The highest BCUT2D eigenvalue weighted by Crippen LogP contribution is 2.31. The Morgan fingerprint density at radius 1 is 1.10 bits per heavy atom. The van der Waals surface area contributed by atoms with Gasteiger partial charge in [-0.3, -0.25) is 4.79 Å². The number of para-hydroxylation sites is 2. The average Bonchev–Trinajstić information content (AvgIpc) is 2.74. The SMILES string of the molecule is CCN(C[C@H]1COc2ccccc2O1)C(=O)CCCOc1ccc(C(C)(C)C)cc1. The number of fused-ring (bicyclic) bond motifs is 1. The number of nitrogens with zero attached hydrogens (tertiary/aromatic N) is 1. The largest absolute Gasteiger partial charge is 0.494 e. The van der Waals surface area contributed by atoms with Crippen LogP contribution in [-0.2, 0) is 10.2 Å². The molecular weight excluding hydrogens is 378 g/mol. The highest BCUT2D eigenvalue weighted by atomic mass is 16.6. The van der Waals surface area contributed by atoms with Gasteiger partial charge in [0.25, 0.3) is 0 Å². The van der Waals surface area contributed by atoms with Gasteiger partial charge in [-0.2, -0.15) is 0 Å². The first-order chi connectivity index (χ1) is 14.4. The van der Waals surface area contributed by atoms with Crippen LogP contribution in [0.2, 0.25) is 0 Å². The molecular formula is C25H33NO4. The predicted octanol–water partition coefficient (Wildman–Crippen LogP) is 4.83. The van der Waals surface area contributed by atoms with Crippen molar-refractivity contribution in [3.8, 4) is 17.2 Å². The second-order valence-electron chi connectivity index (χ2n) is 8.66. The van der Waals surface area contributed by atoms with Gasteiger partial charge in [-0.05, 0) is 48.6 Å². The van der Waals surface area contributed by atoms with E-state index >= 15 is 0 Å². The summed E-state index contributed by atoms with van der Waals surface area (Å²) in [6, 6.07) is 15.8. The molecule has 1 aliphatic heterocycles. The van der Waals surface area contributed by atoms with E-state index in [4.69, 9.17) is 14.2 Å². The van der Waals surface area contributed by atoms with Gasteiger partial charge in [-0.15, -0.1) is 0 Å². The van der Waals surface area contributed by atoms with Crippen LogP contribution in [0.3, 0.4) is 0 Å². The summed E-state index contributed by atoms with van der Waals surface area (Å²) < 4.78 is 17.6. The fourth-order valence-electron chi connectivity index (χ4n) is 3.43. The first-order valence-electron chi connectivity index (χ1n) is 10.8. The van der Waals surface area contributed by atoms with Crippen LogP contribution in [-0.4, -0.2) is 43.2 Å². The van der Waals surface area contributed by atoms with Crippen LogP contribution >= 0.6 is 0 Å². The van der Waals surface area contributed by atoms with Crippen LogP contribution in [0.1, 0.15) is 46.1 Å². The Morgan fingerprint density at radius 3 is 2.47 bits per heavy atom. The number of amides is 1. The molecule has 30 heavy (non-hydrogen) atoms. The Labute approximate surface area is 179 Å². The molecule has 2 aromatic carbocycles. The average molecular weight is 412 g/mol. The van der Waals surface area contributed by atoms with Crippen LogP contribution in [0, 0.1) is 0 Å². The zero-order chi connectivity index (χ0) is 21.6.